The van der Waals surface area contributed by atoms with Crippen molar-refractivity contribution in [3.63, 3.8) is 0 Å². The number of esters is 1. The first-order valence-electron chi connectivity index (χ1n) is 11.0. The van der Waals surface area contributed by atoms with E-state index >= 15 is 0 Å². The van der Waals surface area contributed by atoms with E-state index in [1.54, 1.807) is 0 Å². The minimum Gasteiger partial charge on any atom is -0.482 e. The van der Waals surface area contributed by atoms with Crippen molar-refractivity contribution in [2.24, 2.45) is 0 Å². The summed E-state index contributed by atoms with van der Waals surface area (Å²) in [6, 6.07) is 17.2. The molecule has 0 amide bonds. The zero-order valence-electron chi connectivity index (χ0n) is 19.9. The van der Waals surface area contributed by atoms with Crippen molar-refractivity contribution in [3.8, 4) is 5.75 Å². The first kappa shape index (κ1) is 24.1. The Bertz CT molecular complexity index is 1150. The molecule has 5 heteroatoms. The van der Waals surface area contributed by atoms with Crippen LogP contribution in [0.5, 0.6) is 5.75 Å². The molecule has 5 nitrogen and oxygen atoms in total. The number of ketones is 1. The van der Waals surface area contributed by atoms with E-state index in [-0.39, 0.29) is 12.4 Å². The van der Waals surface area contributed by atoms with Gasteiger partial charge in [0, 0.05) is 18.3 Å². The highest BCUT2D eigenvalue weighted by Crippen LogP contribution is 2.21. The zero-order valence-corrected chi connectivity index (χ0v) is 19.9. The molecule has 0 bridgehead atoms. The Morgan fingerprint density at radius 3 is 2.42 bits per heavy atom. The Hall–Kier alpha value is -3.60. The Kier molecular flexibility index (Phi) is 7.54. The Balaban J connectivity index is 1.65. The van der Waals surface area contributed by atoms with Gasteiger partial charge in [0.05, 0.1) is 5.69 Å². The lowest BCUT2D eigenvalue weighted by molar-refractivity contribution is -0.157. The normalized spacial score (nSPS) is 11.5. The van der Waals surface area contributed by atoms with Gasteiger partial charge in [-0.1, -0.05) is 54.1 Å². The van der Waals surface area contributed by atoms with E-state index in [9.17, 15) is 9.59 Å². The number of aromatic nitrogens is 1. The van der Waals surface area contributed by atoms with E-state index in [1.165, 1.54) is 0 Å². The summed E-state index contributed by atoms with van der Waals surface area (Å²) in [6.45, 7) is 9.83. The molecule has 0 aliphatic heterocycles. The molecular weight excluding hydrogens is 414 g/mol. The van der Waals surface area contributed by atoms with Gasteiger partial charge in [0.1, 0.15) is 11.4 Å². The smallest absolute Gasteiger partial charge is 0.344 e. The molecule has 172 valence electrons. The molecular formula is C28H31NO4. The fourth-order valence-corrected chi connectivity index (χ4v) is 3.32. The number of carbonyl (C=O) groups excluding carboxylic acids is 2. The molecule has 0 N–H and O–H groups in total. The maximum atomic E-state index is 12.9. The Labute approximate surface area is 195 Å². The van der Waals surface area contributed by atoms with Gasteiger partial charge in [-0.25, -0.2) is 4.79 Å². The lowest BCUT2D eigenvalue weighted by atomic mass is 10.1. The van der Waals surface area contributed by atoms with Crippen LogP contribution in [0, 0.1) is 13.8 Å². The maximum absolute atomic E-state index is 12.9. The number of aryl methyl sites for hydroxylation is 2. The fourth-order valence-electron chi connectivity index (χ4n) is 3.32. The third-order valence-electron chi connectivity index (χ3n) is 4.97. The van der Waals surface area contributed by atoms with Gasteiger partial charge in [0.15, 0.2) is 6.61 Å². The third-order valence-corrected chi connectivity index (χ3v) is 4.97. The predicted molar refractivity (Wildman–Crippen MR) is 131 cm³/mol. The summed E-state index contributed by atoms with van der Waals surface area (Å²) >= 11 is 0. The largest absolute Gasteiger partial charge is 0.482 e. The van der Waals surface area contributed by atoms with Crippen LogP contribution < -0.4 is 4.74 Å². The molecule has 0 atom stereocenters. The molecule has 0 aliphatic rings. The highest BCUT2D eigenvalue weighted by molar-refractivity contribution is 6.08. The maximum Gasteiger partial charge on any atom is 0.344 e. The second-order valence-electron chi connectivity index (χ2n) is 9.04. The number of benzene rings is 2. The van der Waals surface area contributed by atoms with E-state index in [0.29, 0.717) is 23.6 Å². The van der Waals surface area contributed by atoms with Crippen LogP contribution in [0.4, 0.5) is 0 Å². The Morgan fingerprint density at radius 1 is 1.00 bits per heavy atom. The minimum atomic E-state index is -0.543. The van der Waals surface area contributed by atoms with E-state index < -0.39 is 11.6 Å². The number of hydrogen-bond acceptors (Lipinski definition) is 4. The van der Waals surface area contributed by atoms with E-state index in [2.05, 4.69) is 0 Å². The SMILES string of the molecule is Cc1ccc(C(=O)c2cccn2C/C=C/c2ccc(C)c(OCC(=O)OC(C)(C)C)c2)cc1. The van der Waals surface area contributed by atoms with Gasteiger partial charge in [-0.2, -0.15) is 0 Å². The molecule has 1 aromatic heterocycles. The van der Waals surface area contributed by atoms with Crippen LogP contribution >= 0.6 is 0 Å². The van der Waals surface area contributed by atoms with Gasteiger partial charge in [-0.3, -0.25) is 4.79 Å². The van der Waals surface area contributed by atoms with E-state index in [4.69, 9.17) is 9.47 Å². The highest BCUT2D eigenvalue weighted by Gasteiger charge is 2.17. The summed E-state index contributed by atoms with van der Waals surface area (Å²) in [5.41, 5.74) is 3.78. The molecule has 0 fully saturated rings. The molecule has 0 spiro atoms. The summed E-state index contributed by atoms with van der Waals surface area (Å²) in [4.78, 5) is 24.8. The molecule has 3 rings (SSSR count). The molecule has 33 heavy (non-hydrogen) atoms. The second-order valence-corrected chi connectivity index (χ2v) is 9.04. The quantitative estimate of drug-likeness (QED) is 0.326. The monoisotopic (exact) mass is 445 g/mol. The average molecular weight is 446 g/mol. The molecule has 2 aromatic carbocycles. The van der Waals surface area contributed by atoms with E-state index in [0.717, 1.165) is 16.7 Å². The van der Waals surface area contributed by atoms with Crippen molar-refractivity contribution in [3.05, 3.63) is 94.8 Å². The Morgan fingerprint density at radius 2 is 1.73 bits per heavy atom. The van der Waals surface area contributed by atoms with Gasteiger partial charge < -0.3 is 14.0 Å². The van der Waals surface area contributed by atoms with Crippen LogP contribution in [-0.2, 0) is 16.1 Å². The molecule has 0 aliphatic carbocycles. The molecule has 1 heterocycles. The average Bonchev–Trinajstić information content (AvgIpc) is 3.21. The van der Waals surface area contributed by atoms with Gasteiger partial charge in [0.25, 0.3) is 0 Å². The number of hydrogen-bond donors (Lipinski definition) is 0. The highest BCUT2D eigenvalue weighted by atomic mass is 16.6. The van der Waals surface area contributed by atoms with Gasteiger partial charge in [0.2, 0.25) is 5.78 Å². The summed E-state index contributed by atoms with van der Waals surface area (Å²) in [6.07, 6.45) is 5.87. The van der Waals surface area contributed by atoms with Crippen molar-refractivity contribution >= 4 is 17.8 Å². The summed E-state index contributed by atoms with van der Waals surface area (Å²) in [5.74, 6) is 0.238. The van der Waals surface area contributed by atoms with Gasteiger partial charge in [-0.05, 0) is 63.9 Å². The third kappa shape index (κ3) is 6.94. The summed E-state index contributed by atoms with van der Waals surface area (Å²) in [5, 5.41) is 0. The second kappa shape index (κ2) is 10.3. The van der Waals surface area contributed by atoms with Gasteiger partial charge in [-0.15, -0.1) is 0 Å². The van der Waals surface area contributed by atoms with Crippen LogP contribution in [0.25, 0.3) is 6.08 Å². The van der Waals surface area contributed by atoms with Crippen LogP contribution in [-0.4, -0.2) is 28.5 Å². The van der Waals surface area contributed by atoms with Crippen LogP contribution in [0.3, 0.4) is 0 Å². The number of allylic oxidation sites excluding steroid dienone is 1. The van der Waals surface area contributed by atoms with E-state index in [1.807, 2.05) is 112 Å². The lowest BCUT2D eigenvalue weighted by Crippen LogP contribution is -2.27. The van der Waals surface area contributed by atoms with Gasteiger partial charge >= 0.3 is 5.97 Å². The van der Waals surface area contributed by atoms with Crippen LogP contribution in [0.2, 0.25) is 0 Å². The number of rotatable bonds is 8. The molecule has 0 unspecified atom stereocenters. The summed E-state index contributed by atoms with van der Waals surface area (Å²) in [7, 11) is 0. The zero-order chi connectivity index (χ0) is 24.0. The number of carbonyl (C=O) groups is 2. The van der Waals surface area contributed by atoms with Crippen molar-refractivity contribution in [2.75, 3.05) is 6.61 Å². The first-order valence-corrected chi connectivity index (χ1v) is 11.0. The number of ether oxygens (including phenoxy) is 2. The molecule has 0 saturated heterocycles. The first-order chi connectivity index (χ1) is 15.6. The van der Waals surface area contributed by atoms with Crippen molar-refractivity contribution in [1.82, 2.24) is 4.57 Å². The predicted octanol–water partition coefficient (Wildman–Crippen LogP) is 5.77. The molecule has 0 radical (unpaired) electrons. The fraction of sp³-hybridized carbons (Fsp3) is 0.286. The van der Waals surface area contributed by atoms with Crippen molar-refractivity contribution in [1.29, 1.82) is 0 Å². The van der Waals surface area contributed by atoms with Crippen LogP contribution in [0.15, 0.2) is 66.9 Å². The van der Waals surface area contributed by atoms with Crippen LogP contribution in [0.1, 0.15) is 53.5 Å². The standard InChI is InChI=1S/C28H31NO4/c1-20-10-14-23(15-11-20)27(31)24-9-7-17-29(24)16-6-8-22-13-12-21(2)25(18-22)32-19-26(30)33-28(3,4)5/h6-15,17-18H,16,19H2,1-5H3/b8-6+. The number of nitrogens with zero attached hydrogens (tertiary/aromatic N) is 1. The molecule has 3 aromatic rings. The van der Waals surface area contributed by atoms with Crippen molar-refractivity contribution < 1.29 is 19.1 Å². The topological polar surface area (TPSA) is 57.5 Å². The lowest BCUT2D eigenvalue weighted by Gasteiger charge is -2.19. The minimum absolute atomic E-state index is 0.00145. The van der Waals surface area contributed by atoms with Crippen molar-refractivity contribution in [2.45, 2.75) is 46.8 Å². The summed E-state index contributed by atoms with van der Waals surface area (Å²) < 4.78 is 12.9. The molecule has 0 saturated carbocycles.